The van der Waals surface area contributed by atoms with Crippen LogP contribution in [0.4, 0.5) is 0 Å². The molecule has 6 heteroatoms. The van der Waals surface area contributed by atoms with Crippen molar-refractivity contribution in [2.24, 2.45) is 0 Å². The van der Waals surface area contributed by atoms with Crippen LogP contribution in [0.3, 0.4) is 0 Å². The van der Waals surface area contributed by atoms with Gasteiger partial charge in [-0.05, 0) is 25.1 Å². The van der Waals surface area contributed by atoms with E-state index in [-0.39, 0.29) is 11.7 Å². The number of nitrogens with zero attached hydrogens (tertiary/aromatic N) is 1. The van der Waals surface area contributed by atoms with E-state index in [1.807, 2.05) is 25.1 Å². The first kappa shape index (κ1) is 13.2. The fourth-order valence-corrected chi connectivity index (χ4v) is 3.31. The van der Waals surface area contributed by atoms with Crippen molar-refractivity contribution in [2.75, 3.05) is 19.5 Å². The normalized spacial score (nSPS) is 10.6. The first-order valence-corrected chi connectivity index (χ1v) is 7.26. The zero-order valence-corrected chi connectivity index (χ0v) is 11.8. The Kier molecular flexibility index (Phi) is 4.43. The fourth-order valence-electron chi connectivity index (χ4n) is 1.38. The molecule has 0 amide bonds. The van der Waals surface area contributed by atoms with Crippen LogP contribution in [0.2, 0.25) is 0 Å². The number of fused-ring (bicyclic) bond motifs is 1. The molecule has 0 saturated heterocycles. The molecule has 0 saturated carbocycles. The molecule has 2 rings (SSSR count). The molecule has 1 heterocycles. The number of carbonyl (C=O) groups excluding carboxylic acids is 1. The number of thioether (sulfide) groups is 1. The summed E-state index contributed by atoms with van der Waals surface area (Å²) in [6, 6.07) is 5.80. The van der Waals surface area contributed by atoms with Gasteiger partial charge in [-0.25, -0.2) is 4.98 Å². The quantitative estimate of drug-likeness (QED) is 0.623. The van der Waals surface area contributed by atoms with Crippen LogP contribution in [0.15, 0.2) is 22.5 Å². The topological polar surface area (TPSA) is 48.4 Å². The fraction of sp³-hybridized carbons (Fsp3) is 0.333. The van der Waals surface area contributed by atoms with Gasteiger partial charge in [0.05, 0.1) is 29.7 Å². The van der Waals surface area contributed by atoms with Gasteiger partial charge in [0, 0.05) is 0 Å². The van der Waals surface area contributed by atoms with Crippen molar-refractivity contribution in [3.63, 3.8) is 0 Å². The first-order valence-electron chi connectivity index (χ1n) is 5.46. The summed E-state index contributed by atoms with van der Waals surface area (Å²) in [6.07, 6.45) is 0. The molecule has 2 aromatic rings. The van der Waals surface area contributed by atoms with Crippen LogP contribution < -0.4 is 4.74 Å². The summed E-state index contributed by atoms with van der Waals surface area (Å²) in [7, 11) is 1.38. The molecule has 0 fully saturated rings. The Morgan fingerprint density at radius 1 is 1.50 bits per heavy atom. The molecule has 1 aromatic carbocycles. The highest BCUT2D eigenvalue weighted by molar-refractivity contribution is 8.01. The number of carbonyl (C=O) groups is 1. The van der Waals surface area contributed by atoms with Gasteiger partial charge >= 0.3 is 5.97 Å². The third kappa shape index (κ3) is 3.14. The third-order valence-corrected chi connectivity index (χ3v) is 4.33. The van der Waals surface area contributed by atoms with Crippen molar-refractivity contribution < 1.29 is 14.3 Å². The Balaban J connectivity index is 2.14. The number of hydrogen-bond donors (Lipinski definition) is 0. The Hall–Kier alpha value is -1.27. The van der Waals surface area contributed by atoms with Crippen LogP contribution in [-0.4, -0.2) is 30.4 Å². The lowest BCUT2D eigenvalue weighted by molar-refractivity contribution is -0.137. The minimum absolute atomic E-state index is 0.241. The highest BCUT2D eigenvalue weighted by atomic mass is 32.2. The molecule has 1 aromatic heterocycles. The maximum atomic E-state index is 11.1. The highest BCUT2D eigenvalue weighted by Crippen LogP contribution is 2.31. The van der Waals surface area contributed by atoms with Gasteiger partial charge < -0.3 is 9.47 Å². The summed E-state index contributed by atoms with van der Waals surface area (Å²) in [6.45, 7) is 2.60. The number of methoxy groups -OCH3 is 1. The van der Waals surface area contributed by atoms with E-state index in [0.717, 1.165) is 20.3 Å². The standard InChI is InChI=1S/C12H13NO3S2/c1-3-16-8-4-5-9-10(6-8)18-12(13-9)17-7-11(14)15-2/h4-6H,3,7H2,1-2H3. The van der Waals surface area contributed by atoms with E-state index in [9.17, 15) is 4.79 Å². The summed E-state index contributed by atoms with van der Waals surface area (Å²) in [5, 5.41) is 0. The van der Waals surface area contributed by atoms with Gasteiger partial charge in [0.25, 0.3) is 0 Å². The summed E-state index contributed by atoms with van der Waals surface area (Å²) >= 11 is 2.94. The summed E-state index contributed by atoms with van der Waals surface area (Å²) < 4.78 is 12.0. The second-order valence-corrected chi connectivity index (χ2v) is 5.66. The van der Waals surface area contributed by atoms with E-state index in [4.69, 9.17) is 4.74 Å². The maximum absolute atomic E-state index is 11.1. The zero-order chi connectivity index (χ0) is 13.0. The highest BCUT2D eigenvalue weighted by Gasteiger charge is 2.08. The number of benzene rings is 1. The monoisotopic (exact) mass is 283 g/mol. The van der Waals surface area contributed by atoms with Crippen LogP contribution in [0.1, 0.15) is 6.92 Å². The van der Waals surface area contributed by atoms with Crippen molar-refractivity contribution in [1.29, 1.82) is 0 Å². The van der Waals surface area contributed by atoms with E-state index in [1.165, 1.54) is 18.9 Å². The van der Waals surface area contributed by atoms with Gasteiger partial charge in [0.15, 0.2) is 4.34 Å². The molecule has 0 bridgehead atoms. The molecule has 0 spiro atoms. The molecule has 0 N–H and O–H groups in total. The van der Waals surface area contributed by atoms with Crippen molar-refractivity contribution in [3.8, 4) is 5.75 Å². The SMILES string of the molecule is CCOc1ccc2nc(SCC(=O)OC)sc2c1. The van der Waals surface area contributed by atoms with E-state index < -0.39 is 0 Å². The average molecular weight is 283 g/mol. The molecular formula is C12H13NO3S2. The predicted molar refractivity (Wildman–Crippen MR) is 73.5 cm³/mol. The van der Waals surface area contributed by atoms with Gasteiger partial charge in [-0.2, -0.15) is 0 Å². The van der Waals surface area contributed by atoms with Crippen LogP contribution in [-0.2, 0) is 9.53 Å². The first-order chi connectivity index (χ1) is 8.72. The molecular weight excluding hydrogens is 270 g/mol. The van der Waals surface area contributed by atoms with Crippen LogP contribution in [0, 0.1) is 0 Å². The van der Waals surface area contributed by atoms with E-state index in [2.05, 4.69) is 9.72 Å². The second-order valence-electron chi connectivity index (χ2n) is 3.41. The average Bonchev–Trinajstić information content (AvgIpc) is 2.78. The lowest BCUT2D eigenvalue weighted by Crippen LogP contribution is -2.02. The van der Waals surface area contributed by atoms with Crippen molar-refractivity contribution in [1.82, 2.24) is 4.98 Å². The largest absolute Gasteiger partial charge is 0.494 e. The molecule has 0 atom stereocenters. The minimum atomic E-state index is -0.241. The van der Waals surface area contributed by atoms with E-state index in [1.54, 1.807) is 11.3 Å². The van der Waals surface area contributed by atoms with Crippen LogP contribution in [0.25, 0.3) is 10.2 Å². The molecule has 18 heavy (non-hydrogen) atoms. The predicted octanol–water partition coefficient (Wildman–Crippen LogP) is 2.96. The summed E-state index contributed by atoms with van der Waals surface area (Å²) in [5.74, 6) is 0.890. The second kappa shape index (κ2) is 6.06. The Morgan fingerprint density at radius 3 is 3.06 bits per heavy atom. The van der Waals surface area contributed by atoms with Crippen molar-refractivity contribution >= 4 is 39.3 Å². The third-order valence-electron chi connectivity index (χ3n) is 2.19. The smallest absolute Gasteiger partial charge is 0.316 e. The number of rotatable bonds is 5. The molecule has 0 aliphatic heterocycles. The Labute approximate surface area is 113 Å². The van der Waals surface area contributed by atoms with Gasteiger partial charge in [-0.3, -0.25) is 4.79 Å². The van der Waals surface area contributed by atoms with Crippen molar-refractivity contribution in [2.45, 2.75) is 11.3 Å². The van der Waals surface area contributed by atoms with Crippen molar-refractivity contribution in [3.05, 3.63) is 18.2 Å². The number of ether oxygens (including phenoxy) is 2. The Bertz CT molecular complexity index is 553. The lowest BCUT2D eigenvalue weighted by Gasteiger charge is -2.00. The maximum Gasteiger partial charge on any atom is 0.316 e. The van der Waals surface area contributed by atoms with Gasteiger partial charge in [0.2, 0.25) is 0 Å². The lowest BCUT2D eigenvalue weighted by atomic mass is 10.3. The number of hydrogen-bond acceptors (Lipinski definition) is 6. The molecule has 0 aliphatic carbocycles. The summed E-state index contributed by atoms with van der Waals surface area (Å²) in [5.41, 5.74) is 0.927. The van der Waals surface area contributed by atoms with E-state index >= 15 is 0 Å². The molecule has 96 valence electrons. The Morgan fingerprint density at radius 2 is 2.33 bits per heavy atom. The van der Waals surface area contributed by atoms with Gasteiger partial charge in [-0.15, -0.1) is 11.3 Å². The number of aromatic nitrogens is 1. The molecule has 0 unspecified atom stereocenters. The number of esters is 1. The summed E-state index contributed by atoms with van der Waals surface area (Å²) in [4.78, 5) is 15.5. The van der Waals surface area contributed by atoms with Gasteiger partial charge in [0.1, 0.15) is 5.75 Å². The van der Waals surface area contributed by atoms with Crippen LogP contribution in [0.5, 0.6) is 5.75 Å². The molecule has 0 radical (unpaired) electrons. The van der Waals surface area contributed by atoms with Gasteiger partial charge in [-0.1, -0.05) is 11.8 Å². The van der Waals surface area contributed by atoms with Crippen LogP contribution >= 0.6 is 23.1 Å². The molecule has 0 aliphatic rings. The van der Waals surface area contributed by atoms with E-state index in [0.29, 0.717) is 6.61 Å². The minimum Gasteiger partial charge on any atom is -0.494 e. The zero-order valence-electron chi connectivity index (χ0n) is 10.1. The molecule has 4 nitrogen and oxygen atoms in total. The number of thiazole rings is 1.